The summed E-state index contributed by atoms with van der Waals surface area (Å²) in [5.74, 6) is 1.77. The molecule has 0 bridgehead atoms. The predicted octanol–water partition coefficient (Wildman–Crippen LogP) is 6.08. The number of ether oxygens (including phenoxy) is 1. The maximum atomic E-state index is 6.07. The Labute approximate surface area is 178 Å². The second-order valence-electron chi connectivity index (χ2n) is 7.80. The van der Waals surface area contributed by atoms with Gasteiger partial charge in [0.25, 0.3) is 0 Å². The van der Waals surface area contributed by atoms with Crippen LogP contribution in [0.15, 0.2) is 59.3 Å². The summed E-state index contributed by atoms with van der Waals surface area (Å²) < 4.78 is 6.07. The van der Waals surface area contributed by atoms with Crippen LogP contribution in [0.25, 0.3) is 11.1 Å². The third kappa shape index (κ3) is 5.16. The van der Waals surface area contributed by atoms with Crippen LogP contribution in [-0.4, -0.2) is 25.5 Å². The van der Waals surface area contributed by atoms with Crippen LogP contribution < -0.4 is 4.74 Å². The summed E-state index contributed by atoms with van der Waals surface area (Å²) in [7, 11) is 4.33. The monoisotopic (exact) mass is 413 g/mol. The van der Waals surface area contributed by atoms with Gasteiger partial charge in [-0.15, -0.1) is 12.4 Å². The van der Waals surface area contributed by atoms with Gasteiger partial charge in [0.05, 0.1) is 0 Å². The molecule has 0 saturated carbocycles. The maximum absolute atomic E-state index is 6.07. The lowest BCUT2D eigenvalue weighted by Gasteiger charge is -2.27. The van der Waals surface area contributed by atoms with Crippen LogP contribution >= 0.6 is 23.7 Å². The fraction of sp³-hybridized carbons (Fsp3) is 0.333. The van der Waals surface area contributed by atoms with Crippen molar-refractivity contribution >= 4 is 23.7 Å². The first-order chi connectivity index (χ1) is 13.2. The van der Waals surface area contributed by atoms with E-state index in [0.29, 0.717) is 6.61 Å². The summed E-state index contributed by atoms with van der Waals surface area (Å²) in [4.78, 5) is 2.30. The molecule has 4 heteroatoms. The molecule has 1 aromatic heterocycles. The number of thiophene rings is 1. The number of nitrogens with zero attached hydrogens (tertiary/aromatic N) is 1. The summed E-state index contributed by atoms with van der Waals surface area (Å²) in [6.45, 7) is 1.80. The number of halogens is 1. The molecule has 0 spiro atoms. The average Bonchev–Trinajstić information content (AvgIpc) is 3.21. The van der Waals surface area contributed by atoms with Gasteiger partial charge in [-0.3, -0.25) is 0 Å². The normalized spacial score (nSPS) is 15.8. The number of hydrogen-bond acceptors (Lipinski definition) is 3. The van der Waals surface area contributed by atoms with E-state index in [4.69, 9.17) is 4.74 Å². The maximum Gasteiger partial charge on any atom is 0.120 e. The molecular weight excluding hydrogens is 386 g/mol. The molecule has 4 rings (SSSR count). The third-order valence-electron chi connectivity index (χ3n) is 5.35. The van der Waals surface area contributed by atoms with E-state index >= 15 is 0 Å². The molecule has 1 aliphatic rings. The summed E-state index contributed by atoms with van der Waals surface area (Å²) >= 11 is 1.73. The van der Waals surface area contributed by atoms with Gasteiger partial charge in [-0.05, 0) is 96.1 Å². The van der Waals surface area contributed by atoms with Crippen LogP contribution in [0.1, 0.15) is 23.1 Å². The molecule has 1 aliphatic carbocycles. The molecule has 1 heterocycles. The van der Waals surface area contributed by atoms with Crippen molar-refractivity contribution in [3.8, 4) is 16.9 Å². The smallest absolute Gasteiger partial charge is 0.120 e. The van der Waals surface area contributed by atoms with Crippen molar-refractivity contribution in [2.75, 3.05) is 20.6 Å². The lowest BCUT2D eigenvalue weighted by molar-refractivity contribution is 0.297. The van der Waals surface area contributed by atoms with E-state index in [2.05, 4.69) is 78.3 Å². The molecule has 28 heavy (non-hydrogen) atoms. The number of benzene rings is 2. The number of fused-ring (bicyclic) bond motifs is 1. The van der Waals surface area contributed by atoms with Gasteiger partial charge in [0.1, 0.15) is 12.4 Å². The van der Waals surface area contributed by atoms with Crippen molar-refractivity contribution in [2.45, 2.75) is 25.9 Å². The minimum absolute atomic E-state index is 0. The summed E-state index contributed by atoms with van der Waals surface area (Å²) in [5, 5.41) is 4.30. The predicted molar refractivity (Wildman–Crippen MR) is 122 cm³/mol. The van der Waals surface area contributed by atoms with Crippen LogP contribution in [0.2, 0.25) is 0 Å². The van der Waals surface area contributed by atoms with Gasteiger partial charge in [-0.2, -0.15) is 11.3 Å². The molecule has 0 saturated heterocycles. The Morgan fingerprint density at radius 1 is 1.00 bits per heavy atom. The van der Waals surface area contributed by atoms with Crippen LogP contribution in [0.3, 0.4) is 0 Å². The highest BCUT2D eigenvalue weighted by Crippen LogP contribution is 2.29. The quantitative estimate of drug-likeness (QED) is 0.485. The van der Waals surface area contributed by atoms with E-state index in [1.807, 2.05) is 0 Å². The molecule has 2 aromatic carbocycles. The van der Waals surface area contributed by atoms with Crippen molar-refractivity contribution in [1.82, 2.24) is 4.90 Å². The fourth-order valence-corrected chi connectivity index (χ4v) is 4.62. The summed E-state index contributed by atoms with van der Waals surface area (Å²) in [6, 6.07) is 17.5. The number of rotatable bonds is 6. The highest BCUT2D eigenvalue weighted by Gasteiger charge is 2.19. The topological polar surface area (TPSA) is 12.5 Å². The van der Waals surface area contributed by atoms with E-state index in [-0.39, 0.29) is 12.4 Å². The van der Waals surface area contributed by atoms with Gasteiger partial charge in [0.15, 0.2) is 0 Å². The molecule has 0 aliphatic heterocycles. The van der Waals surface area contributed by atoms with E-state index in [1.54, 1.807) is 11.3 Å². The van der Waals surface area contributed by atoms with Gasteiger partial charge < -0.3 is 9.64 Å². The van der Waals surface area contributed by atoms with Gasteiger partial charge in [0.2, 0.25) is 0 Å². The minimum Gasteiger partial charge on any atom is -0.489 e. The van der Waals surface area contributed by atoms with Crippen LogP contribution in [-0.2, 0) is 19.4 Å². The van der Waals surface area contributed by atoms with Crippen molar-refractivity contribution in [3.05, 3.63) is 76.0 Å². The first-order valence-corrected chi connectivity index (χ1v) is 10.6. The largest absolute Gasteiger partial charge is 0.489 e. The van der Waals surface area contributed by atoms with Gasteiger partial charge in [0, 0.05) is 6.54 Å². The fourth-order valence-electron chi connectivity index (χ4n) is 3.96. The molecule has 3 aromatic rings. The molecule has 1 unspecified atom stereocenters. The second kappa shape index (κ2) is 9.60. The Morgan fingerprint density at radius 2 is 1.82 bits per heavy atom. The van der Waals surface area contributed by atoms with Crippen molar-refractivity contribution < 1.29 is 4.74 Å². The molecule has 0 fully saturated rings. The molecular formula is C24H28ClNOS. The van der Waals surface area contributed by atoms with Crippen molar-refractivity contribution in [1.29, 1.82) is 0 Å². The Kier molecular flexibility index (Phi) is 7.17. The SMILES string of the molecule is CN(C)CC1CCc2cc(OCc3ccc(-c4ccsc4)cc3)ccc2C1.Cl. The molecule has 1 atom stereocenters. The van der Waals surface area contributed by atoms with Crippen LogP contribution in [0, 0.1) is 5.92 Å². The van der Waals surface area contributed by atoms with E-state index in [1.165, 1.54) is 53.6 Å². The standard InChI is InChI=1S/C24H27NOS.ClH/c1-25(2)15-19-5-8-22-14-24(10-9-21(22)13-19)26-16-18-3-6-20(7-4-18)23-11-12-27-17-23;/h3-4,6-7,9-12,14,17,19H,5,8,13,15-16H2,1-2H3;1H. The lowest BCUT2D eigenvalue weighted by atomic mass is 9.83. The van der Waals surface area contributed by atoms with E-state index in [9.17, 15) is 0 Å². The van der Waals surface area contributed by atoms with Crippen LogP contribution in [0.5, 0.6) is 5.75 Å². The zero-order valence-corrected chi connectivity index (χ0v) is 18.2. The Morgan fingerprint density at radius 3 is 2.54 bits per heavy atom. The van der Waals surface area contributed by atoms with E-state index in [0.717, 1.165) is 11.7 Å². The van der Waals surface area contributed by atoms with Crippen molar-refractivity contribution in [2.24, 2.45) is 5.92 Å². The second-order valence-corrected chi connectivity index (χ2v) is 8.58. The highest BCUT2D eigenvalue weighted by molar-refractivity contribution is 7.08. The zero-order valence-electron chi connectivity index (χ0n) is 16.6. The molecule has 0 amide bonds. The molecule has 2 nitrogen and oxygen atoms in total. The van der Waals surface area contributed by atoms with Gasteiger partial charge in [-0.1, -0.05) is 30.3 Å². The van der Waals surface area contributed by atoms with Gasteiger partial charge in [-0.25, -0.2) is 0 Å². The Bertz CT molecular complexity index is 874. The first-order valence-electron chi connectivity index (χ1n) is 9.68. The van der Waals surface area contributed by atoms with Crippen molar-refractivity contribution in [3.63, 3.8) is 0 Å². The highest BCUT2D eigenvalue weighted by atomic mass is 35.5. The number of hydrogen-bond donors (Lipinski definition) is 0. The number of aryl methyl sites for hydroxylation is 1. The Hall–Kier alpha value is -1.81. The lowest BCUT2D eigenvalue weighted by Crippen LogP contribution is -2.26. The molecule has 0 radical (unpaired) electrons. The zero-order chi connectivity index (χ0) is 18.6. The molecule has 0 N–H and O–H groups in total. The average molecular weight is 414 g/mol. The van der Waals surface area contributed by atoms with Crippen LogP contribution in [0.4, 0.5) is 0 Å². The third-order valence-corrected chi connectivity index (χ3v) is 6.03. The first kappa shape index (κ1) is 20.9. The summed E-state index contributed by atoms with van der Waals surface area (Å²) in [5.41, 5.74) is 6.73. The van der Waals surface area contributed by atoms with Gasteiger partial charge >= 0.3 is 0 Å². The molecule has 148 valence electrons. The van der Waals surface area contributed by atoms with E-state index < -0.39 is 0 Å². The minimum atomic E-state index is 0. The Balaban J connectivity index is 0.00000225. The summed E-state index contributed by atoms with van der Waals surface area (Å²) in [6.07, 6.45) is 3.64.